The van der Waals surface area contributed by atoms with E-state index in [1.807, 2.05) is 12.1 Å². The van der Waals surface area contributed by atoms with Gasteiger partial charge in [0.05, 0.1) is 19.2 Å². The Morgan fingerprint density at radius 2 is 2.00 bits per heavy atom. The zero-order valence-electron chi connectivity index (χ0n) is 15.3. The number of likely N-dealkylation sites (tertiary alicyclic amines) is 1. The average molecular weight is 417 g/mol. The van der Waals surface area contributed by atoms with Crippen molar-refractivity contribution in [3.63, 3.8) is 0 Å². The first-order valence-electron chi connectivity index (χ1n) is 8.99. The summed E-state index contributed by atoms with van der Waals surface area (Å²) in [4.78, 5) is 31.7. The Kier molecular flexibility index (Phi) is 4.92. The third kappa shape index (κ3) is 3.91. The summed E-state index contributed by atoms with van der Waals surface area (Å²) >= 11 is 1.33. The fraction of sp³-hybridized carbons (Fsp3) is 0.368. The summed E-state index contributed by atoms with van der Waals surface area (Å²) in [7, 11) is 0. The number of alkyl halides is 2. The lowest BCUT2D eigenvalue weighted by atomic mass is 10.1. The molecule has 4 rings (SSSR count). The summed E-state index contributed by atoms with van der Waals surface area (Å²) < 4.78 is 26.9. The number of nitrogens with zero attached hydrogens (tertiary/aromatic N) is 4. The number of nitriles is 1. The number of rotatable bonds is 4. The van der Waals surface area contributed by atoms with Gasteiger partial charge in [-0.25, -0.2) is 13.8 Å². The van der Waals surface area contributed by atoms with E-state index in [9.17, 15) is 18.4 Å². The predicted molar refractivity (Wildman–Crippen MR) is 101 cm³/mol. The molecule has 2 aliphatic heterocycles. The number of thiazole rings is 1. The number of nitrogens with one attached hydrogen (secondary N) is 1. The highest BCUT2D eigenvalue weighted by molar-refractivity contribution is 7.13. The Morgan fingerprint density at radius 1 is 1.31 bits per heavy atom. The molecule has 1 atom stereocenters. The van der Waals surface area contributed by atoms with Crippen LogP contribution in [0.2, 0.25) is 0 Å². The number of benzene rings is 1. The number of fused-ring (bicyclic) bond motifs is 1. The number of amides is 2. The zero-order valence-corrected chi connectivity index (χ0v) is 16.1. The second kappa shape index (κ2) is 7.40. The summed E-state index contributed by atoms with van der Waals surface area (Å²) in [6.45, 7) is 0.148. The topological polar surface area (TPSA) is 89.3 Å². The quantitative estimate of drug-likeness (QED) is 0.824. The number of carbonyl (C=O) groups is 2. The molecule has 10 heteroatoms. The SMILES string of the molecule is N#C[C@@H]1CC(F)(F)CN1C(=O)CNC(=O)c1csc(N2Cc3ccccc3C2)n1. The van der Waals surface area contributed by atoms with Gasteiger partial charge in [-0.2, -0.15) is 5.26 Å². The molecular formula is C19H17F2N5O2S. The Labute approximate surface area is 169 Å². The third-order valence-electron chi connectivity index (χ3n) is 4.98. The molecule has 29 heavy (non-hydrogen) atoms. The second-order valence-electron chi connectivity index (χ2n) is 7.05. The number of hydrogen-bond acceptors (Lipinski definition) is 6. The van der Waals surface area contributed by atoms with Gasteiger partial charge in [0, 0.05) is 24.9 Å². The van der Waals surface area contributed by atoms with Gasteiger partial charge in [0.15, 0.2) is 5.13 Å². The fourth-order valence-electron chi connectivity index (χ4n) is 3.52. The van der Waals surface area contributed by atoms with Crippen LogP contribution < -0.4 is 10.2 Å². The van der Waals surface area contributed by atoms with Crippen molar-refractivity contribution in [3.05, 3.63) is 46.5 Å². The van der Waals surface area contributed by atoms with E-state index in [0.29, 0.717) is 18.2 Å². The molecule has 2 aliphatic rings. The van der Waals surface area contributed by atoms with Gasteiger partial charge in [0.2, 0.25) is 5.91 Å². The molecule has 1 N–H and O–H groups in total. The lowest BCUT2D eigenvalue weighted by Gasteiger charge is -2.19. The Hall–Kier alpha value is -3.06. The summed E-state index contributed by atoms with van der Waals surface area (Å²) in [6, 6.07) is 8.59. The van der Waals surface area contributed by atoms with Crippen molar-refractivity contribution >= 4 is 28.3 Å². The van der Waals surface area contributed by atoms with Gasteiger partial charge < -0.3 is 15.1 Å². The molecule has 1 saturated heterocycles. The minimum absolute atomic E-state index is 0.164. The van der Waals surface area contributed by atoms with E-state index in [2.05, 4.69) is 27.3 Å². The molecule has 0 unspecified atom stereocenters. The van der Waals surface area contributed by atoms with Crippen LogP contribution in [0, 0.1) is 11.3 Å². The van der Waals surface area contributed by atoms with Crippen molar-refractivity contribution in [2.24, 2.45) is 0 Å². The van der Waals surface area contributed by atoms with Crippen LogP contribution in [0.25, 0.3) is 0 Å². The van der Waals surface area contributed by atoms with Crippen LogP contribution in [0.5, 0.6) is 0 Å². The molecule has 3 heterocycles. The first-order valence-corrected chi connectivity index (χ1v) is 9.86. The van der Waals surface area contributed by atoms with Crippen molar-refractivity contribution in [2.45, 2.75) is 31.5 Å². The average Bonchev–Trinajstić information content (AvgIpc) is 3.41. The summed E-state index contributed by atoms with van der Waals surface area (Å²) in [5.41, 5.74) is 2.60. The maximum absolute atomic E-state index is 13.5. The lowest BCUT2D eigenvalue weighted by Crippen LogP contribution is -2.43. The van der Waals surface area contributed by atoms with Gasteiger partial charge in [-0.3, -0.25) is 9.59 Å². The molecule has 0 spiro atoms. The highest BCUT2D eigenvalue weighted by Crippen LogP contribution is 2.32. The predicted octanol–water partition coefficient (Wildman–Crippen LogP) is 2.15. The monoisotopic (exact) mass is 417 g/mol. The van der Waals surface area contributed by atoms with Crippen molar-refractivity contribution in [1.82, 2.24) is 15.2 Å². The van der Waals surface area contributed by atoms with Crippen LogP contribution in [0.1, 0.15) is 28.0 Å². The lowest BCUT2D eigenvalue weighted by molar-refractivity contribution is -0.131. The normalized spacial score (nSPS) is 19.7. The largest absolute Gasteiger partial charge is 0.342 e. The minimum atomic E-state index is -3.09. The van der Waals surface area contributed by atoms with E-state index < -0.39 is 43.3 Å². The van der Waals surface area contributed by atoms with Gasteiger partial charge in [0.1, 0.15) is 11.7 Å². The van der Waals surface area contributed by atoms with Crippen molar-refractivity contribution < 1.29 is 18.4 Å². The van der Waals surface area contributed by atoms with Crippen LogP contribution in [-0.2, 0) is 17.9 Å². The Morgan fingerprint density at radius 3 is 2.66 bits per heavy atom. The molecular weight excluding hydrogens is 400 g/mol. The standard InChI is InChI=1S/C19H17F2N5O2S/c20-19(21)5-14(6-22)26(11-19)16(27)7-23-17(28)15-10-29-18(24-15)25-8-12-3-1-2-4-13(12)9-25/h1-4,10,14H,5,7-9,11H2,(H,23,28)/t14-/m0/s1. The molecule has 0 aliphatic carbocycles. The molecule has 0 saturated carbocycles. The van der Waals surface area contributed by atoms with Gasteiger partial charge in [-0.1, -0.05) is 24.3 Å². The van der Waals surface area contributed by atoms with Crippen LogP contribution in [-0.4, -0.2) is 46.8 Å². The van der Waals surface area contributed by atoms with E-state index in [1.54, 1.807) is 11.4 Å². The van der Waals surface area contributed by atoms with Crippen LogP contribution in [0.4, 0.5) is 13.9 Å². The molecule has 2 amide bonds. The molecule has 2 aromatic rings. The Balaban J connectivity index is 1.34. The van der Waals surface area contributed by atoms with Crippen LogP contribution in [0.15, 0.2) is 29.6 Å². The molecule has 0 radical (unpaired) electrons. The first kappa shape index (κ1) is 19.3. The Bertz CT molecular complexity index is 977. The highest BCUT2D eigenvalue weighted by atomic mass is 32.1. The smallest absolute Gasteiger partial charge is 0.271 e. The zero-order chi connectivity index (χ0) is 20.6. The third-order valence-corrected chi connectivity index (χ3v) is 5.88. The number of hydrogen-bond donors (Lipinski definition) is 1. The number of anilines is 1. The number of halogens is 2. The molecule has 1 aromatic heterocycles. The van der Waals surface area contributed by atoms with E-state index in [0.717, 1.165) is 4.90 Å². The van der Waals surface area contributed by atoms with Gasteiger partial charge >= 0.3 is 0 Å². The molecule has 1 fully saturated rings. The summed E-state index contributed by atoms with van der Waals surface area (Å²) in [6.07, 6.45) is -0.684. The first-order chi connectivity index (χ1) is 13.9. The van der Waals surface area contributed by atoms with Crippen molar-refractivity contribution in [2.75, 3.05) is 18.0 Å². The molecule has 150 valence electrons. The maximum Gasteiger partial charge on any atom is 0.271 e. The minimum Gasteiger partial charge on any atom is -0.342 e. The maximum atomic E-state index is 13.5. The van der Waals surface area contributed by atoms with E-state index >= 15 is 0 Å². The van der Waals surface area contributed by atoms with Crippen LogP contribution >= 0.6 is 11.3 Å². The van der Waals surface area contributed by atoms with E-state index in [4.69, 9.17) is 5.26 Å². The highest BCUT2D eigenvalue weighted by Gasteiger charge is 2.47. The van der Waals surface area contributed by atoms with Gasteiger partial charge in [0.25, 0.3) is 11.8 Å². The second-order valence-corrected chi connectivity index (χ2v) is 7.89. The van der Waals surface area contributed by atoms with E-state index in [-0.39, 0.29) is 5.69 Å². The van der Waals surface area contributed by atoms with Gasteiger partial charge in [-0.15, -0.1) is 11.3 Å². The number of aromatic nitrogens is 1. The van der Waals surface area contributed by atoms with Crippen molar-refractivity contribution in [1.29, 1.82) is 5.26 Å². The van der Waals surface area contributed by atoms with Gasteiger partial charge in [-0.05, 0) is 11.1 Å². The number of carbonyl (C=O) groups excluding carboxylic acids is 2. The van der Waals surface area contributed by atoms with E-state index in [1.165, 1.54) is 22.5 Å². The molecule has 1 aromatic carbocycles. The fourth-order valence-corrected chi connectivity index (χ4v) is 4.33. The summed E-state index contributed by atoms with van der Waals surface area (Å²) in [5.74, 6) is -4.36. The van der Waals surface area contributed by atoms with Crippen molar-refractivity contribution in [3.8, 4) is 6.07 Å². The molecule has 0 bridgehead atoms. The van der Waals surface area contributed by atoms with Crippen LogP contribution in [0.3, 0.4) is 0 Å². The molecule has 7 nitrogen and oxygen atoms in total. The summed E-state index contributed by atoms with van der Waals surface area (Å²) in [5, 5.41) is 13.7.